The van der Waals surface area contributed by atoms with E-state index in [1.807, 2.05) is 24.3 Å². The van der Waals surface area contributed by atoms with Gasteiger partial charge in [0.2, 0.25) is 5.91 Å². The number of benzene rings is 1. The molecule has 0 aliphatic carbocycles. The smallest absolute Gasteiger partial charge is 0.224 e. The topological polar surface area (TPSA) is 55.1 Å². The minimum absolute atomic E-state index is 0.0592. The van der Waals surface area contributed by atoms with Crippen LogP contribution in [-0.4, -0.2) is 12.5 Å². The fourth-order valence-corrected chi connectivity index (χ4v) is 1.77. The zero-order valence-electron chi connectivity index (χ0n) is 9.21. The third-order valence-electron chi connectivity index (χ3n) is 2.26. The molecule has 1 rings (SSSR count). The van der Waals surface area contributed by atoms with Gasteiger partial charge in [0.1, 0.15) is 0 Å². The molecule has 0 saturated carbocycles. The van der Waals surface area contributed by atoms with Crippen molar-refractivity contribution in [2.75, 3.05) is 11.9 Å². The van der Waals surface area contributed by atoms with Gasteiger partial charge in [0, 0.05) is 10.9 Å². The average Bonchev–Trinajstić information content (AvgIpc) is 2.28. The Hall–Kier alpha value is -0.870. The third kappa shape index (κ3) is 4.77. The zero-order valence-corrected chi connectivity index (χ0v) is 10.8. The maximum Gasteiger partial charge on any atom is 0.224 e. The first kappa shape index (κ1) is 13.2. The van der Waals surface area contributed by atoms with Gasteiger partial charge in [0.05, 0.1) is 5.69 Å². The summed E-state index contributed by atoms with van der Waals surface area (Å²) in [5, 5.41) is 2.87. The summed E-state index contributed by atoms with van der Waals surface area (Å²) in [7, 11) is 0. The number of rotatable bonds is 6. The standard InChI is InChI=1S/C12H17BrN2O/c13-10-6-3-4-7-11(10)15-12(16)8-2-1-5-9-14/h3-4,6-7H,1-2,5,8-9,14H2,(H,15,16). The number of hydrogen-bond acceptors (Lipinski definition) is 2. The number of anilines is 1. The van der Waals surface area contributed by atoms with Crippen molar-refractivity contribution in [1.82, 2.24) is 0 Å². The second-order valence-electron chi connectivity index (χ2n) is 3.63. The highest BCUT2D eigenvalue weighted by Gasteiger charge is 2.04. The molecule has 3 N–H and O–H groups in total. The van der Waals surface area contributed by atoms with Gasteiger partial charge >= 0.3 is 0 Å². The Labute approximate surface area is 105 Å². The Bertz CT molecular complexity index is 342. The molecule has 0 spiro atoms. The summed E-state index contributed by atoms with van der Waals surface area (Å²) in [6, 6.07) is 7.60. The molecule has 3 nitrogen and oxygen atoms in total. The summed E-state index contributed by atoms with van der Waals surface area (Å²) in [5.41, 5.74) is 6.21. The summed E-state index contributed by atoms with van der Waals surface area (Å²) >= 11 is 3.39. The van der Waals surface area contributed by atoms with Crippen LogP contribution >= 0.6 is 15.9 Å². The van der Waals surface area contributed by atoms with Crippen LogP contribution in [0.25, 0.3) is 0 Å². The number of hydrogen-bond donors (Lipinski definition) is 2. The minimum Gasteiger partial charge on any atom is -0.330 e. The first-order valence-corrected chi connectivity index (χ1v) is 6.28. The van der Waals surface area contributed by atoms with Crippen LogP contribution < -0.4 is 11.1 Å². The number of amides is 1. The van der Waals surface area contributed by atoms with Gasteiger partial charge in [-0.05, 0) is 47.4 Å². The van der Waals surface area contributed by atoms with E-state index < -0.39 is 0 Å². The van der Waals surface area contributed by atoms with E-state index in [9.17, 15) is 4.79 Å². The van der Waals surface area contributed by atoms with Crippen LogP contribution in [0.15, 0.2) is 28.7 Å². The molecular formula is C12H17BrN2O. The van der Waals surface area contributed by atoms with Crippen LogP contribution in [0.4, 0.5) is 5.69 Å². The van der Waals surface area contributed by atoms with E-state index in [0.717, 1.165) is 29.4 Å². The van der Waals surface area contributed by atoms with Crippen LogP contribution in [0.2, 0.25) is 0 Å². The second-order valence-corrected chi connectivity index (χ2v) is 4.48. The fraction of sp³-hybridized carbons (Fsp3) is 0.417. The molecule has 1 amide bonds. The summed E-state index contributed by atoms with van der Waals surface area (Å²) in [5.74, 6) is 0.0592. The van der Waals surface area contributed by atoms with Crippen molar-refractivity contribution in [3.63, 3.8) is 0 Å². The molecule has 4 heteroatoms. The lowest BCUT2D eigenvalue weighted by Crippen LogP contribution is -2.11. The number of nitrogens with two attached hydrogens (primary N) is 1. The summed E-state index contributed by atoms with van der Waals surface area (Å²) in [6.45, 7) is 0.700. The number of carbonyl (C=O) groups is 1. The maximum absolute atomic E-state index is 11.6. The Morgan fingerprint density at radius 3 is 2.69 bits per heavy atom. The van der Waals surface area contributed by atoms with E-state index in [-0.39, 0.29) is 5.91 Å². The van der Waals surface area contributed by atoms with Crippen LogP contribution in [0.5, 0.6) is 0 Å². The van der Waals surface area contributed by atoms with Gasteiger partial charge in [0.15, 0.2) is 0 Å². The Kier molecular flexibility index (Phi) is 6.11. The Morgan fingerprint density at radius 2 is 2.00 bits per heavy atom. The van der Waals surface area contributed by atoms with Crippen molar-refractivity contribution in [1.29, 1.82) is 0 Å². The van der Waals surface area contributed by atoms with Crippen LogP contribution in [-0.2, 0) is 4.79 Å². The van der Waals surface area contributed by atoms with Gasteiger partial charge in [-0.2, -0.15) is 0 Å². The largest absolute Gasteiger partial charge is 0.330 e. The van der Waals surface area contributed by atoms with E-state index in [1.165, 1.54) is 0 Å². The molecule has 0 fully saturated rings. The first-order chi connectivity index (χ1) is 7.74. The Morgan fingerprint density at radius 1 is 1.25 bits per heavy atom. The van der Waals surface area contributed by atoms with Crippen molar-refractivity contribution in [3.05, 3.63) is 28.7 Å². The number of nitrogens with one attached hydrogen (secondary N) is 1. The molecule has 0 saturated heterocycles. The van der Waals surface area contributed by atoms with E-state index in [4.69, 9.17) is 5.73 Å². The SMILES string of the molecule is NCCCCCC(=O)Nc1ccccc1Br. The zero-order chi connectivity index (χ0) is 11.8. The molecule has 0 unspecified atom stereocenters. The number of halogens is 1. The molecule has 0 bridgehead atoms. The number of carbonyl (C=O) groups excluding carboxylic acids is 1. The molecular weight excluding hydrogens is 268 g/mol. The van der Waals surface area contributed by atoms with E-state index in [0.29, 0.717) is 13.0 Å². The van der Waals surface area contributed by atoms with Gasteiger partial charge in [-0.25, -0.2) is 0 Å². The van der Waals surface area contributed by atoms with E-state index >= 15 is 0 Å². The highest BCUT2D eigenvalue weighted by atomic mass is 79.9. The van der Waals surface area contributed by atoms with Crippen molar-refractivity contribution in [3.8, 4) is 0 Å². The molecule has 16 heavy (non-hydrogen) atoms. The number of para-hydroxylation sites is 1. The van der Waals surface area contributed by atoms with Crippen molar-refractivity contribution in [2.24, 2.45) is 5.73 Å². The van der Waals surface area contributed by atoms with Gasteiger partial charge in [0.25, 0.3) is 0 Å². The quantitative estimate of drug-likeness (QED) is 0.790. The molecule has 0 heterocycles. The Balaban J connectivity index is 2.32. The molecule has 1 aromatic rings. The normalized spacial score (nSPS) is 10.1. The van der Waals surface area contributed by atoms with E-state index in [1.54, 1.807) is 0 Å². The van der Waals surface area contributed by atoms with Crippen LogP contribution in [0.1, 0.15) is 25.7 Å². The predicted molar refractivity (Wildman–Crippen MR) is 70.3 cm³/mol. The minimum atomic E-state index is 0.0592. The average molecular weight is 285 g/mol. The molecule has 0 aromatic heterocycles. The van der Waals surface area contributed by atoms with Crippen molar-refractivity contribution >= 4 is 27.5 Å². The van der Waals surface area contributed by atoms with Crippen LogP contribution in [0.3, 0.4) is 0 Å². The summed E-state index contributed by atoms with van der Waals surface area (Å²) < 4.78 is 0.908. The monoisotopic (exact) mass is 284 g/mol. The second kappa shape index (κ2) is 7.41. The van der Waals surface area contributed by atoms with Crippen molar-refractivity contribution < 1.29 is 4.79 Å². The maximum atomic E-state index is 11.6. The molecule has 0 aliphatic heterocycles. The summed E-state index contributed by atoms with van der Waals surface area (Å²) in [6.07, 6.45) is 3.46. The molecule has 0 radical (unpaired) electrons. The third-order valence-corrected chi connectivity index (χ3v) is 2.95. The van der Waals surface area contributed by atoms with E-state index in [2.05, 4.69) is 21.2 Å². The first-order valence-electron chi connectivity index (χ1n) is 5.48. The van der Waals surface area contributed by atoms with Crippen molar-refractivity contribution in [2.45, 2.75) is 25.7 Å². The highest BCUT2D eigenvalue weighted by molar-refractivity contribution is 9.10. The molecule has 1 aromatic carbocycles. The molecule has 88 valence electrons. The van der Waals surface area contributed by atoms with Gasteiger partial charge < -0.3 is 11.1 Å². The predicted octanol–water partition coefficient (Wildman–Crippen LogP) is 2.91. The lowest BCUT2D eigenvalue weighted by molar-refractivity contribution is -0.116. The van der Waals surface area contributed by atoms with Crippen LogP contribution in [0, 0.1) is 0 Å². The number of unbranched alkanes of at least 4 members (excludes halogenated alkanes) is 2. The highest BCUT2D eigenvalue weighted by Crippen LogP contribution is 2.21. The molecule has 0 aliphatic rings. The van der Waals surface area contributed by atoms with Gasteiger partial charge in [-0.15, -0.1) is 0 Å². The lowest BCUT2D eigenvalue weighted by Gasteiger charge is -2.06. The lowest BCUT2D eigenvalue weighted by atomic mass is 10.2. The summed E-state index contributed by atoms with van der Waals surface area (Å²) in [4.78, 5) is 11.6. The van der Waals surface area contributed by atoms with Gasteiger partial charge in [-0.3, -0.25) is 4.79 Å². The fourth-order valence-electron chi connectivity index (χ4n) is 1.38. The van der Waals surface area contributed by atoms with Gasteiger partial charge in [-0.1, -0.05) is 18.6 Å². The molecule has 0 atom stereocenters.